The Morgan fingerprint density at radius 2 is 1.59 bits per heavy atom. The third-order valence-electron chi connectivity index (χ3n) is 8.16. The van der Waals surface area contributed by atoms with Gasteiger partial charge in [-0.1, -0.05) is 105 Å². The Morgan fingerprint density at radius 3 is 2.43 bits per heavy atom. The number of rotatable bonds is 4. The first-order valence-corrected chi connectivity index (χ1v) is 12.9. The van der Waals surface area contributed by atoms with E-state index in [1.165, 1.54) is 49.8 Å². The van der Waals surface area contributed by atoms with Gasteiger partial charge in [-0.25, -0.2) is 0 Å². The Morgan fingerprint density at radius 1 is 0.838 bits per heavy atom. The molecule has 1 aromatic heterocycles. The number of anilines is 1. The Bertz CT molecular complexity index is 1720. The van der Waals surface area contributed by atoms with E-state index in [9.17, 15) is 0 Å². The highest BCUT2D eigenvalue weighted by Crippen LogP contribution is 2.50. The molecule has 5 aromatic rings. The summed E-state index contributed by atoms with van der Waals surface area (Å²) in [6.07, 6.45) is 4.53. The van der Waals surface area contributed by atoms with Crippen LogP contribution in [0.5, 0.6) is 0 Å². The van der Waals surface area contributed by atoms with E-state index in [4.69, 9.17) is 0 Å². The predicted octanol–water partition coefficient (Wildman–Crippen LogP) is 8.45. The number of aliphatic imine (C=N–C) groups is 1. The Balaban J connectivity index is 1.35. The Hall–Kier alpha value is -4.37. The summed E-state index contributed by atoms with van der Waals surface area (Å²) in [5, 5.41) is 5.09. The molecule has 1 atom stereocenters. The van der Waals surface area contributed by atoms with Gasteiger partial charge in [0, 0.05) is 16.4 Å². The number of fused-ring (bicyclic) bond motifs is 6. The van der Waals surface area contributed by atoms with Crippen LogP contribution in [0.1, 0.15) is 42.3 Å². The Labute approximate surface area is 217 Å². The molecule has 3 nitrogen and oxygen atoms in total. The first-order valence-electron chi connectivity index (χ1n) is 12.9. The average Bonchev–Trinajstić information content (AvgIpc) is 3.38. The van der Waals surface area contributed by atoms with E-state index in [1.807, 2.05) is 0 Å². The maximum Gasteiger partial charge on any atom is 0.114 e. The fourth-order valence-corrected chi connectivity index (χ4v) is 6.37. The SMILES string of the molecule is C=NCn1c2c(c3cccc(-c4ccccc4)c31)NC(c1ccc3c(c1)-c1ccccc1C3(C)C)C=C2. The van der Waals surface area contributed by atoms with Crippen LogP contribution in [0.4, 0.5) is 5.69 Å². The molecule has 0 fully saturated rings. The van der Waals surface area contributed by atoms with Crippen molar-refractivity contribution in [2.24, 2.45) is 4.99 Å². The van der Waals surface area contributed by atoms with Crippen molar-refractivity contribution in [2.75, 3.05) is 5.32 Å². The normalized spacial score (nSPS) is 16.6. The minimum atomic E-state index is 0.0202. The molecule has 0 saturated carbocycles. The molecule has 1 aliphatic heterocycles. The van der Waals surface area contributed by atoms with Crippen LogP contribution in [0.2, 0.25) is 0 Å². The summed E-state index contributed by atoms with van der Waals surface area (Å²) in [5.41, 5.74) is 12.7. The van der Waals surface area contributed by atoms with Gasteiger partial charge in [0.2, 0.25) is 0 Å². The molecular weight excluding hydrogens is 450 g/mol. The van der Waals surface area contributed by atoms with Crippen LogP contribution >= 0.6 is 0 Å². The summed E-state index contributed by atoms with van der Waals surface area (Å²) < 4.78 is 2.28. The molecule has 2 aliphatic rings. The van der Waals surface area contributed by atoms with Gasteiger partial charge in [-0.3, -0.25) is 4.99 Å². The molecule has 0 bridgehead atoms. The number of nitrogens with zero attached hydrogens (tertiary/aromatic N) is 2. The van der Waals surface area contributed by atoms with Crippen molar-refractivity contribution in [1.29, 1.82) is 0 Å². The second-order valence-electron chi connectivity index (χ2n) is 10.6. The van der Waals surface area contributed by atoms with Crippen molar-refractivity contribution in [1.82, 2.24) is 4.57 Å². The Kier molecular flexibility index (Phi) is 4.77. The first kappa shape index (κ1) is 21.9. The zero-order valence-corrected chi connectivity index (χ0v) is 21.2. The number of aromatic nitrogens is 1. The standard InChI is InChI=1S/C34H29N3/c1-34(2)28-15-8-7-12-25(28)27-20-23(16-17-29(27)34)30-18-19-31-32(36-30)26-14-9-13-24(22-10-5-4-6-11-22)33(26)37(31)21-35-3/h4-20,30,36H,3,21H2,1-2H3. The molecule has 0 spiro atoms. The maximum absolute atomic E-state index is 4.27. The molecule has 0 saturated heterocycles. The van der Waals surface area contributed by atoms with E-state index in [0.717, 1.165) is 11.4 Å². The van der Waals surface area contributed by atoms with Gasteiger partial charge in [-0.15, -0.1) is 0 Å². The van der Waals surface area contributed by atoms with Gasteiger partial charge in [0.1, 0.15) is 6.67 Å². The highest BCUT2D eigenvalue weighted by Gasteiger charge is 2.35. The predicted molar refractivity (Wildman–Crippen MR) is 156 cm³/mol. The van der Waals surface area contributed by atoms with Crippen molar-refractivity contribution >= 4 is 29.4 Å². The quantitative estimate of drug-likeness (QED) is 0.257. The van der Waals surface area contributed by atoms with Crippen molar-refractivity contribution in [3.8, 4) is 22.3 Å². The third kappa shape index (κ3) is 3.17. The maximum atomic E-state index is 4.27. The lowest BCUT2D eigenvalue weighted by atomic mass is 9.82. The van der Waals surface area contributed by atoms with E-state index in [1.54, 1.807) is 0 Å². The first-order chi connectivity index (χ1) is 18.1. The number of hydrogen-bond acceptors (Lipinski definition) is 2. The van der Waals surface area contributed by atoms with Crippen LogP contribution in [0, 0.1) is 0 Å². The number of hydrogen-bond donors (Lipinski definition) is 1. The highest BCUT2D eigenvalue weighted by atomic mass is 15.1. The van der Waals surface area contributed by atoms with Crippen LogP contribution in [0.15, 0.2) is 102 Å². The lowest BCUT2D eigenvalue weighted by Crippen LogP contribution is -2.16. The summed E-state index contributed by atoms with van der Waals surface area (Å²) in [7, 11) is 0. The molecule has 0 radical (unpaired) electrons. The van der Waals surface area contributed by atoms with Crippen LogP contribution in [0.25, 0.3) is 39.2 Å². The zero-order chi connectivity index (χ0) is 25.1. The molecule has 3 heteroatoms. The number of nitrogens with one attached hydrogen (secondary N) is 1. The molecule has 1 aliphatic carbocycles. The highest BCUT2D eigenvalue weighted by molar-refractivity contribution is 6.06. The average molecular weight is 480 g/mol. The monoisotopic (exact) mass is 479 g/mol. The molecule has 1 N–H and O–H groups in total. The van der Waals surface area contributed by atoms with Gasteiger partial charge in [-0.2, -0.15) is 0 Å². The third-order valence-corrected chi connectivity index (χ3v) is 8.16. The fraction of sp³-hybridized carbons (Fsp3) is 0.147. The smallest absolute Gasteiger partial charge is 0.114 e. The topological polar surface area (TPSA) is 29.3 Å². The van der Waals surface area contributed by atoms with E-state index < -0.39 is 0 Å². The molecule has 1 unspecified atom stereocenters. The van der Waals surface area contributed by atoms with Crippen LogP contribution < -0.4 is 5.32 Å². The van der Waals surface area contributed by atoms with Crippen molar-refractivity contribution in [3.05, 3.63) is 119 Å². The van der Waals surface area contributed by atoms with Gasteiger partial charge >= 0.3 is 0 Å². The molecular formula is C34H29N3. The number of benzene rings is 4. The molecule has 37 heavy (non-hydrogen) atoms. The second-order valence-corrected chi connectivity index (χ2v) is 10.6. The zero-order valence-electron chi connectivity index (χ0n) is 21.2. The van der Waals surface area contributed by atoms with Gasteiger partial charge in [0.25, 0.3) is 0 Å². The van der Waals surface area contributed by atoms with Crippen LogP contribution in [-0.4, -0.2) is 11.3 Å². The minimum absolute atomic E-state index is 0.0202. The fourth-order valence-electron chi connectivity index (χ4n) is 6.37. The van der Waals surface area contributed by atoms with Gasteiger partial charge in [0.05, 0.1) is 22.9 Å². The molecule has 2 heterocycles. The van der Waals surface area contributed by atoms with Crippen molar-refractivity contribution < 1.29 is 0 Å². The molecule has 4 aromatic carbocycles. The molecule has 7 rings (SSSR count). The van der Waals surface area contributed by atoms with Crippen LogP contribution in [-0.2, 0) is 12.1 Å². The second kappa shape index (κ2) is 8.07. The summed E-state index contributed by atoms with van der Waals surface area (Å²) in [4.78, 5) is 4.27. The lowest BCUT2D eigenvalue weighted by molar-refractivity contribution is 0.660. The minimum Gasteiger partial charge on any atom is -0.372 e. The van der Waals surface area contributed by atoms with Crippen LogP contribution in [0.3, 0.4) is 0 Å². The van der Waals surface area contributed by atoms with E-state index in [0.29, 0.717) is 6.67 Å². The van der Waals surface area contributed by atoms with Crippen molar-refractivity contribution in [2.45, 2.75) is 32.0 Å². The van der Waals surface area contributed by atoms with E-state index in [-0.39, 0.29) is 11.5 Å². The largest absolute Gasteiger partial charge is 0.372 e. The van der Waals surface area contributed by atoms with E-state index >= 15 is 0 Å². The summed E-state index contributed by atoms with van der Waals surface area (Å²) >= 11 is 0. The van der Waals surface area contributed by atoms with Gasteiger partial charge in [0.15, 0.2) is 0 Å². The summed E-state index contributed by atoms with van der Waals surface area (Å²) in [5.74, 6) is 0. The lowest BCUT2D eigenvalue weighted by Gasteiger charge is -2.24. The van der Waals surface area contributed by atoms with Gasteiger partial charge < -0.3 is 9.88 Å². The molecule has 0 amide bonds. The summed E-state index contributed by atoms with van der Waals surface area (Å²) in [6.45, 7) is 8.97. The number of para-hydroxylation sites is 1. The van der Waals surface area contributed by atoms with Gasteiger partial charge in [-0.05, 0) is 52.2 Å². The summed E-state index contributed by atoms with van der Waals surface area (Å²) in [6, 6.07) is 33.1. The van der Waals surface area contributed by atoms with E-state index in [2.05, 4.69) is 139 Å². The van der Waals surface area contributed by atoms with Crippen molar-refractivity contribution in [3.63, 3.8) is 0 Å². The molecule has 180 valence electrons.